The van der Waals surface area contributed by atoms with E-state index in [0.717, 1.165) is 29.1 Å². The molecule has 0 atom stereocenters. The van der Waals surface area contributed by atoms with E-state index in [-0.39, 0.29) is 11.1 Å². The summed E-state index contributed by atoms with van der Waals surface area (Å²) in [5.74, 6) is 0.927. The van der Waals surface area contributed by atoms with Crippen LogP contribution in [0.4, 0.5) is 4.79 Å². The number of methoxy groups -OCH3 is 2. The molecule has 28 heavy (non-hydrogen) atoms. The van der Waals surface area contributed by atoms with Gasteiger partial charge in [0.1, 0.15) is 11.5 Å². The molecule has 146 valence electrons. The molecular weight excluding hydrogens is 442 g/mol. The van der Waals surface area contributed by atoms with Gasteiger partial charge >= 0.3 is 0 Å². The Bertz CT molecular complexity index is 914. The van der Waals surface area contributed by atoms with Gasteiger partial charge in [-0.15, -0.1) is 0 Å². The number of carbonyl (C=O) groups is 2. The molecule has 0 saturated carbocycles. The fourth-order valence-electron chi connectivity index (χ4n) is 2.92. The molecule has 1 saturated heterocycles. The Morgan fingerprint density at radius 2 is 1.79 bits per heavy atom. The highest BCUT2D eigenvalue weighted by atomic mass is 79.9. The SMILES string of the molecule is COc1cc(OC)c(/C=C2/SC(=O)N(CCCc3ccccc3)C2=O)cc1Br. The largest absolute Gasteiger partial charge is 0.496 e. The van der Waals surface area contributed by atoms with Crippen LogP contribution in [0.15, 0.2) is 51.8 Å². The number of ether oxygens (including phenoxy) is 2. The van der Waals surface area contributed by atoms with Crippen molar-refractivity contribution in [2.24, 2.45) is 0 Å². The van der Waals surface area contributed by atoms with Crippen molar-refractivity contribution in [2.45, 2.75) is 12.8 Å². The highest BCUT2D eigenvalue weighted by Gasteiger charge is 2.34. The van der Waals surface area contributed by atoms with E-state index in [9.17, 15) is 9.59 Å². The molecule has 0 aromatic heterocycles. The van der Waals surface area contributed by atoms with Crippen LogP contribution in [0.2, 0.25) is 0 Å². The number of benzene rings is 2. The summed E-state index contributed by atoms with van der Waals surface area (Å²) in [6, 6.07) is 13.6. The molecule has 2 aromatic rings. The molecule has 3 rings (SSSR count). The molecule has 1 aliphatic rings. The molecule has 0 unspecified atom stereocenters. The normalized spacial score (nSPS) is 15.4. The van der Waals surface area contributed by atoms with Crippen LogP contribution in [0.3, 0.4) is 0 Å². The monoisotopic (exact) mass is 461 g/mol. The lowest BCUT2D eigenvalue weighted by atomic mass is 10.1. The molecule has 1 aliphatic heterocycles. The van der Waals surface area contributed by atoms with E-state index < -0.39 is 0 Å². The minimum Gasteiger partial charge on any atom is -0.496 e. The summed E-state index contributed by atoms with van der Waals surface area (Å²) in [5, 5.41) is -0.240. The van der Waals surface area contributed by atoms with Crippen molar-refractivity contribution in [3.05, 3.63) is 63.0 Å². The van der Waals surface area contributed by atoms with Crippen molar-refractivity contribution in [3.63, 3.8) is 0 Å². The summed E-state index contributed by atoms with van der Waals surface area (Å²) in [5.41, 5.74) is 1.89. The fourth-order valence-corrected chi connectivity index (χ4v) is 4.29. The number of hydrogen-bond acceptors (Lipinski definition) is 5. The molecule has 0 N–H and O–H groups in total. The Balaban J connectivity index is 1.73. The second kappa shape index (κ2) is 9.30. The van der Waals surface area contributed by atoms with Gasteiger partial charge in [-0.2, -0.15) is 0 Å². The van der Waals surface area contributed by atoms with Gasteiger partial charge in [-0.25, -0.2) is 0 Å². The summed E-state index contributed by atoms with van der Waals surface area (Å²) < 4.78 is 11.4. The lowest BCUT2D eigenvalue weighted by Gasteiger charge is -2.12. The Morgan fingerprint density at radius 3 is 2.46 bits per heavy atom. The first-order valence-electron chi connectivity index (χ1n) is 8.74. The molecular formula is C21H20BrNO4S. The van der Waals surface area contributed by atoms with E-state index >= 15 is 0 Å². The third-order valence-corrected chi connectivity index (χ3v) is 5.88. The number of aryl methyl sites for hydroxylation is 1. The van der Waals surface area contributed by atoms with Crippen molar-refractivity contribution in [1.29, 1.82) is 0 Å². The maximum Gasteiger partial charge on any atom is 0.293 e. The lowest BCUT2D eigenvalue weighted by Crippen LogP contribution is -2.29. The van der Waals surface area contributed by atoms with Crippen LogP contribution in [0.5, 0.6) is 11.5 Å². The highest BCUT2D eigenvalue weighted by molar-refractivity contribution is 9.10. The smallest absolute Gasteiger partial charge is 0.293 e. The summed E-state index contributed by atoms with van der Waals surface area (Å²) in [4.78, 5) is 26.7. The maximum absolute atomic E-state index is 12.7. The van der Waals surface area contributed by atoms with E-state index in [1.165, 1.54) is 10.5 Å². The molecule has 7 heteroatoms. The zero-order valence-corrected chi connectivity index (χ0v) is 18.0. The van der Waals surface area contributed by atoms with Gasteiger partial charge in [0, 0.05) is 18.2 Å². The van der Waals surface area contributed by atoms with E-state index in [1.54, 1.807) is 32.4 Å². The van der Waals surface area contributed by atoms with Gasteiger partial charge in [-0.3, -0.25) is 14.5 Å². The molecule has 2 amide bonds. The number of thioether (sulfide) groups is 1. The Morgan fingerprint density at radius 1 is 1.07 bits per heavy atom. The van der Waals surface area contributed by atoms with Gasteiger partial charge in [0.25, 0.3) is 11.1 Å². The molecule has 2 aromatic carbocycles. The van der Waals surface area contributed by atoms with Gasteiger partial charge in [-0.05, 0) is 58.2 Å². The van der Waals surface area contributed by atoms with E-state index in [4.69, 9.17) is 9.47 Å². The average molecular weight is 462 g/mol. The molecule has 0 bridgehead atoms. The second-order valence-electron chi connectivity index (χ2n) is 6.15. The molecule has 1 fully saturated rings. The molecule has 5 nitrogen and oxygen atoms in total. The number of imide groups is 1. The fraction of sp³-hybridized carbons (Fsp3) is 0.238. The minimum atomic E-state index is -0.267. The number of hydrogen-bond donors (Lipinski definition) is 0. The van der Waals surface area contributed by atoms with Crippen LogP contribution in [-0.4, -0.2) is 36.8 Å². The number of nitrogens with zero attached hydrogens (tertiary/aromatic N) is 1. The van der Waals surface area contributed by atoms with Gasteiger partial charge in [-0.1, -0.05) is 30.3 Å². The van der Waals surface area contributed by atoms with Crippen molar-refractivity contribution in [2.75, 3.05) is 20.8 Å². The predicted octanol–water partition coefficient (Wildman–Crippen LogP) is 5.14. The van der Waals surface area contributed by atoms with Crippen LogP contribution in [0.1, 0.15) is 17.5 Å². The van der Waals surface area contributed by atoms with Crippen LogP contribution in [0.25, 0.3) is 6.08 Å². The lowest BCUT2D eigenvalue weighted by molar-refractivity contribution is -0.122. The summed E-state index contributed by atoms with van der Waals surface area (Å²) in [7, 11) is 3.12. The Labute approximate surface area is 176 Å². The number of carbonyl (C=O) groups excluding carboxylic acids is 2. The zero-order chi connectivity index (χ0) is 20.1. The Kier molecular flexibility index (Phi) is 6.80. The number of halogens is 1. The second-order valence-corrected chi connectivity index (χ2v) is 8.00. The first-order valence-corrected chi connectivity index (χ1v) is 10.3. The van der Waals surface area contributed by atoms with E-state index in [2.05, 4.69) is 15.9 Å². The molecule has 1 heterocycles. The highest BCUT2D eigenvalue weighted by Crippen LogP contribution is 2.37. The predicted molar refractivity (Wildman–Crippen MR) is 115 cm³/mol. The van der Waals surface area contributed by atoms with E-state index in [1.807, 2.05) is 30.3 Å². The van der Waals surface area contributed by atoms with Gasteiger partial charge in [0.2, 0.25) is 0 Å². The summed E-state index contributed by atoms with van der Waals surface area (Å²) in [6.45, 7) is 0.403. The molecule has 0 radical (unpaired) electrons. The quantitative estimate of drug-likeness (QED) is 0.534. The minimum absolute atomic E-state index is 0.240. The first-order chi connectivity index (χ1) is 13.5. The van der Waals surface area contributed by atoms with E-state index in [0.29, 0.717) is 28.5 Å². The van der Waals surface area contributed by atoms with Gasteiger partial charge in [0.15, 0.2) is 0 Å². The van der Waals surface area contributed by atoms with Crippen LogP contribution < -0.4 is 9.47 Å². The zero-order valence-electron chi connectivity index (χ0n) is 15.6. The van der Waals surface area contributed by atoms with Crippen LogP contribution in [0, 0.1) is 0 Å². The van der Waals surface area contributed by atoms with Gasteiger partial charge in [0.05, 0.1) is 23.6 Å². The van der Waals surface area contributed by atoms with Gasteiger partial charge < -0.3 is 9.47 Å². The summed E-state index contributed by atoms with van der Waals surface area (Å²) in [6.07, 6.45) is 3.23. The van der Waals surface area contributed by atoms with Crippen molar-refractivity contribution < 1.29 is 19.1 Å². The van der Waals surface area contributed by atoms with Crippen LogP contribution in [-0.2, 0) is 11.2 Å². The third kappa shape index (κ3) is 4.59. The Hall–Kier alpha value is -2.25. The third-order valence-electron chi connectivity index (χ3n) is 4.35. The van der Waals surface area contributed by atoms with Crippen molar-refractivity contribution in [3.8, 4) is 11.5 Å². The average Bonchev–Trinajstić information content (AvgIpc) is 2.96. The molecule has 0 aliphatic carbocycles. The molecule has 0 spiro atoms. The van der Waals surface area contributed by atoms with Crippen LogP contribution >= 0.6 is 27.7 Å². The first kappa shape index (κ1) is 20.5. The summed E-state index contributed by atoms with van der Waals surface area (Å²) >= 11 is 4.39. The number of rotatable bonds is 7. The standard InChI is InChI=1S/C21H20BrNO4S/c1-26-17-13-18(27-2)16(22)11-15(17)12-19-20(24)23(21(25)28-19)10-6-9-14-7-4-3-5-8-14/h3-5,7-8,11-13H,6,9-10H2,1-2H3/b19-12+. The topological polar surface area (TPSA) is 55.8 Å². The number of amides is 2. The van der Waals surface area contributed by atoms with Crippen molar-refractivity contribution >= 4 is 44.9 Å². The van der Waals surface area contributed by atoms with Crippen molar-refractivity contribution in [1.82, 2.24) is 4.90 Å². The maximum atomic E-state index is 12.7.